The van der Waals surface area contributed by atoms with E-state index >= 15 is 0 Å². The molecule has 0 aromatic heterocycles. The summed E-state index contributed by atoms with van der Waals surface area (Å²) >= 11 is 0. The normalized spacial score (nSPS) is 30.8. The zero-order chi connectivity index (χ0) is 12.3. The highest BCUT2D eigenvalue weighted by atomic mass is 16.5. The maximum absolute atomic E-state index is 12.3. The Labute approximate surface area is 103 Å². The van der Waals surface area contributed by atoms with Gasteiger partial charge in [-0.25, -0.2) is 0 Å². The quantitative estimate of drug-likeness (QED) is 0.800. The Morgan fingerprint density at radius 2 is 2.06 bits per heavy atom. The standard InChI is InChI=1S/C13H24N2O2/c1-10-12(5-9-17-10)13(16)15-7-3-11(2-6-14)4-8-15/h10-12H,2-9,14H2,1H3. The van der Waals surface area contributed by atoms with Crippen LogP contribution in [0.4, 0.5) is 0 Å². The van der Waals surface area contributed by atoms with Crippen molar-refractivity contribution in [2.75, 3.05) is 26.2 Å². The largest absolute Gasteiger partial charge is 0.378 e. The van der Waals surface area contributed by atoms with Gasteiger partial charge in [0.2, 0.25) is 5.91 Å². The molecule has 2 N–H and O–H groups in total. The third-order valence-electron chi connectivity index (χ3n) is 4.19. The molecule has 0 aliphatic carbocycles. The topological polar surface area (TPSA) is 55.6 Å². The molecule has 0 bridgehead atoms. The Kier molecular flexibility index (Phi) is 4.40. The SMILES string of the molecule is CC1OCCC1C(=O)N1CCC(CCN)CC1. The summed E-state index contributed by atoms with van der Waals surface area (Å²) in [5.41, 5.74) is 5.57. The molecule has 2 fully saturated rings. The predicted molar refractivity (Wildman–Crippen MR) is 66.5 cm³/mol. The number of carbonyl (C=O) groups is 1. The van der Waals surface area contributed by atoms with Crippen molar-refractivity contribution in [2.24, 2.45) is 17.6 Å². The summed E-state index contributed by atoms with van der Waals surface area (Å²) in [6.07, 6.45) is 4.33. The van der Waals surface area contributed by atoms with Crippen molar-refractivity contribution in [1.82, 2.24) is 4.90 Å². The van der Waals surface area contributed by atoms with E-state index in [4.69, 9.17) is 10.5 Å². The van der Waals surface area contributed by atoms with Gasteiger partial charge in [0.25, 0.3) is 0 Å². The van der Waals surface area contributed by atoms with Gasteiger partial charge in [-0.05, 0) is 45.1 Å². The minimum atomic E-state index is 0.0982. The van der Waals surface area contributed by atoms with Gasteiger partial charge in [-0.15, -0.1) is 0 Å². The van der Waals surface area contributed by atoms with Gasteiger partial charge in [0, 0.05) is 19.7 Å². The average Bonchev–Trinajstić information content (AvgIpc) is 2.76. The lowest BCUT2D eigenvalue weighted by atomic mass is 9.92. The molecule has 0 saturated carbocycles. The third kappa shape index (κ3) is 2.99. The van der Waals surface area contributed by atoms with Crippen molar-refractivity contribution in [3.8, 4) is 0 Å². The van der Waals surface area contributed by atoms with Crippen molar-refractivity contribution in [3.05, 3.63) is 0 Å². The van der Waals surface area contributed by atoms with Gasteiger partial charge in [0.05, 0.1) is 12.0 Å². The first-order valence-electron chi connectivity index (χ1n) is 6.83. The number of hydrogen-bond acceptors (Lipinski definition) is 3. The van der Waals surface area contributed by atoms with Crippen LogP contribution in [0, 0.1) is 11.8 Å². The minimum Gasteiger partial charge on any atom is -0.378 e. The van der Waals surface area contributed by atoms with Crippen LogP contribution in [-0.4, -0.2) is 43.2 Å². The Morgan fingerprint density at radius 1 is 1.35 bits per heavy atom. The first-order valence-corrected chi connectivity index (χ1v) is 6.83. The second-order valence-electron chi connectivity index (χ2n) is 5.32. The molecule has 0 spiro atoms. The molecule has 4 heteroatoms. The molecule has 17 heavy (non-hydrogen) atoms. The zero-order valence-electron chi connectivity index (χ0n) is 10.7. The predicted octanol–water partition coefficient (Wildman–Crippen LogP) is 0.999. The second-order valence-corrected chi connectivity index (χ2v) is 5.32. The van der Waals surface area contributed by atoms with Crippen LogP contribution in [0.25, 0.3) is 0 Å². The zero-order valence-corrected chi connectivity index (χ0v) is 10.7. The Morgan fingerprint density at radius 3 is 2.59 bits per heavy atom. The number of nitrogens with two attached hydrogens (primary N) is 1. The first-order chi connectivity index (χ1) is 8.22. The number of ether oxygens (including phenoxy) is 1. The molecule has 2 heterocycles. The fourth-order valence-corrected chi connectivity index (χ4v) is 2.97. The van der Waals surface area contributed by atoms with Crippen molar-refractivity contribution < 1.29 is 9.53 Å². The summed E-state index contributed by atoms with van der Waals surface area (Å²) in [6.45, 7) is 5.34. The highest BCUT2D eigenvalue weighted by molar-refractivity contribution is 5.79. The van der Waals surface area contributed by atoms with E-state index < -0.39 is 0 Å². The molecule has 2 atom stereocenters. The monoisotopic (exact) mass is 240 g/mol. The Hall–Kier alpha value is -0.610. The molecular weight excluding hydrogens is 216 g/mol. The summed E-state index contributed by atoms with van der Waals surface area (Å²) in [5, 5.41) is 0. The molecule has 2 saturated heterocycles. The van der Waals surface area contributed by atoms with E-state index in [2.05, 4.69) is 0 Å². The smallest absolute Gasteiger partial charge is 0.228 e. The summed E-state index contributed by atoms with van der Waals surface area (Å²) in [4.78, 5) is 14.3. The van der Waals surface area contributed by atoms with Crippen LogP contribution < -0.4 is 5.73 Å². The lowest BCUT2D eigenvalue weighted by molar-refractivity contribution is -0.138. The summed E-state index contributed by atoms with van der Waals surface area (Å²) in [7, 11) is 0. The maximum atomic E-state index is 12.3. The van der Waals surface area contributed by atoms with Gasteiger partial charge in [0.15, 0.2) is 0 Å². The average molecular weight is 240 g/mol. The van der Waals surface area contributed by atoms with Crippen LogP contribution in [-0.2, 0) is 9.53 Å². The van der Waals surface area contributed by atoms with Crippen molar-refractivity contribution in [3.63, 3.8) is 0 Å². The van der Waals surface area contributed by atoms with E-state index in [0.29, 0.717) is 5.91 Å². The number of carbonyl (C=O) groups excluding carboxylic acids is 1. The number of hydrogen-bond donors (Lipinski definition) is 1. The van der Waals surface area contributed by atoms with Crippen molar-refractivity contribution in [1.29, 1.82) is 0 Å². The van der Waals surface area contributed by atoms with Crippen LogP contribution in [0.5, 0.6) is 0 Å². The van der Waals surface area contributed by atoms with E-state index in [9.17, 15) is 4.79 Å². The minimum absolute atomic E-state index is 0.0982. The summed E-state index contributed by atoms with van der Waals surface area (Å²) in [6, 6.07) is 0. The lowest BCUT2D eigenvalue weighted by Crippen LogP contribution is -2.43. The van der Waals surface area contributed by atoms with E-state index in [1.54, 1.807) is 0 Å². The van der Waals surface area contributed by atoms with Gasteiger partial charge in [0.1, 0.15) is 0 Å². The van der Waals surface area contributed by atoms with Gasteiger partial charge < -0.3 is 15.4 Å². The summed E-state index contributed by atoms with van der Waals surface area (Å²) in [5.74, 6) is 1.13. The molecule has 4 nitrogen and oxygen atoms in total. The summed E-state index contributed by atoms with van der Waals surface area (Å²) < 4.78 is 5.47. The van der Waals surface area contributed by atoms with Crippen LogP contribution in [0.2, 0.25) is 0 Å². The van der Waals surface area contributed by atoms with Gasteiger partial charge in [-0.1, -0.05) is 0 Å². The molecule has 0 aromatic carbocycles. The molecule has 2 aliphatic heterocycles. The van der Waals surface area contributed by atoms with Crippen molar-refractivity contribution >= 4 is 5.91 Å². The lowest BCUT2D eigenvalue weighted by Gasteiger charge is -2.34. The van der Waals surface area contributed by atoms with Gasteiger partial charge >= 0.3 is 0 Å². The maximum Gasteiger partial charge on any atom is 0.228 e. The highest BCUT2D eigenvalue weighted by Crippen LogP contribution is 2.26. The Balaban J connectivity index is 1.82. The number of rotatable bonds is 3. The van der Waals surface area contributed by atoms with Gasteiger partial charge in [-0.2, -0.15) is 0 Å². The molecular formula is C13H24N2O2. The Bertz CT molecular complexity index is 262. The first kappa shape index (κ1) is 12.8. The highest BCUT2D eigenvalue weighted by Gasteiger charge is 2.34. The molecule has 2 rings (SSSR count). The number of amides is 1. The molecule has 98 valence electrons. The van der Waals surface area contributed by atoms with E-state index in [1.165, 1.54) is 0 Å². The molecule has 2 unspecified atom stereocenters. The fourth-order valence-electron chi connectivity index (χ4n) is 2.97. The molecule has 2 aliphatic rings. The molecule has 0 aromatic rings. The molecule has 0 radical (unpaired) electrons. The van der Waals surface area contributed by atoms with Crippen LogP contribution in [0.1, 0.15) is 32.6 Å². The number of nitrogens with zero attached hydrogens (tertiary/aromatic N) is 1. The number of likely N-dealkylation sites (tertiary alicyclic amines) is 1. The van der Waals surface area contributed by atoms with E-state index in [0.717, 1.165) is 57.8 Å². The second kappa shape index (κ2) is 5.83. The van der Waals surface area contributed by atoms with E-state index in [1.807, 2.05) is 11.8 Å². The van der Waals surface area contributed by atoms with Crippen LogP contribution >= 0.6 is 0 Å². The van der Waals surface area contributed by atoms with E-state index in [-0.39, 0.29) is 12.0 Å². The van der Waals surface area contributed by atoms with Crippen LogP contribution in [0.3, 0.4) is 0 Å². The van der Waals surface area contributed by atoms with Crippen molar-refractivity contribution in [2.45, 2.75) is 38.7 Å². The van der Waals surface area contributed by atoms with Gasteiger partial charge in [-0.3, -0.25) is 4.79 Å². The fraction of sp³-hybridized carbons (Fsp3) is 0.923. The number of piperidine rings is 1. The van der Waals surface area contributed by atoms with Crippen LogP contribution in [0.15, 0.2) is 0 Å². The third-order valence-corrected chi connectivity index (χ3v) is 4.19. The molecule has 1 amide bonds.